The normalized spacial score (nSPS) is 33.8. The summed E-state index contributed by atoms with van der Waals surface area (Å²) in [6.07, 6.45) is 1.81. The van der Waals surface area contributed by atoms with E-state index < -0.39 is 9.84 Å². The van der Waals surface area contributed by atoms with Gasteiger partial charge in [0.2, 0.25) is 5.95 Å². The molecule has 1 aromatic rings. The number of rotatable bonds is 2. The van der Waals surface area contributed by atoms with Crippen LogP contribution in [0.1, 0.15) is 0 Å². The topological polar surface area (TPSA) is 90.5 Å². The van der Waals surface area contributed by atoms with Gasteiger partial charge < -0.3 is 20.4 Å². The first-order chi connectivity index (χ1) is 12.1. The van der Waals surface area contributed by atoms with Gasteiger partial charge in [0.05, 0.1) is 17.5 Å². The van der Waals surface area contributed by atoms with Crippen LogP contribution in [0.2, 0.25) is 0 Å². The second-order valence-electron chi connectivity index (χ2n) is 7.70. The van der Waals surface area contributed by atoms with Crippen molar-refractivity contribution in [1.29, 1.82) is 0 Å². The van der Waals surface area contributed by atoms with Crippen molar-refractivity contribution in [2.75, 3.05) is 60.6 Å². The Kier molecular flexibility index (Phi) is 6.08. The molecular formula is C16H26Cl2N6O2S. The largest absolute Gasteiger partial charge is 0.350 e. The number of piperazine rings is 1. The summed E-state index contributed by atoms with van der Waals surface area (Å²) >= 11 is 0. The molecule has 0 aliphatic carbocycles. The van der Waals surface area contributed by atoms with Crippen molar-refractivity contribution in [3.63, 3.8) is 0 Å². The van der Waals surface area contributed by atoms with Crippen molar-refractivity contribution >= 4 is 46.4 Å². The Balaban J connectivity index is 0.00000105. The van der Waals surface area contributed by atoms with E-state index in [0.29, 0.717) is 11.8 Å². The average molecular weight is 437 g/mol. The SMILES string of the molecule is Cl.Cl.O=S1(=O)C[C@@H]2NCCN(c3ccnc(N4C[C@H]5CNC[C@H]5C4)n3)[C@@H]2C1. The number of fused-ring (bicyclic) bond motifs is 2. The molecule has 5 rings (SSSR count). The number of nitrogens with zero attached hydrogens (tertiary/aromatic N) is 4. The lowest BCUT2D eigenvalue weighted by Gasteiger charge is -2.38. The lowest BCUT2D eigenvalue weighted by Crippen LogP contribution is -2.57. The summed E-state index contributed by atoms with van der Waals surface area (Å²) in [6, 6.07) is 1.90. The third-order valence-electron chi connectivity index (χ3n) is 6.08. The fourth-order valence-corrected chi connectivity index (χ4v) is 6.78. The van der Waals surface area contributed by atoms with Crippen molar-refractivity contribution in [1.82, 2.24) is 20.6 Å². The molecular weight excluding hydrogens is 411 g/mol. The van der Waals surface area contributed by atoms with Gasteiger partial charge in [-0.25, -0.2) is 13.4 Å². The second kappa shape index (κ2) is 7.87. The average Bonchev–Trinajstić information content (AvgIpc) is 3.25. The molecule has 4 atom stereocenters. The molecule has 0 amide bonds. The molecule has 4 aliphatic rings. The Morgan fingerprint density at radius 2 is 1.85 bits per heavy atom. The molecule has 4 aliphatic heterocycles. The first-order valence-electron chi connectivity index (χ1n) is 9.08. The summed E-state index contributed by atoms with van der Waals surface area (Å²) in [5.41, 5.74) is 0. The van der Waals surface area contributed by atoms with E-state index in [-0.39, 0.29) is 48.4 Å². The molecule has 1 aromatic heterocycles. The smallest absolute Gasteiger partial charge is 0.227 e. The molecule has 8 nitrogen and oxygen atoms in total. The van der Waals surface area contributed by atoms with Crippen molar-refractivity contribution in [3.8, 4) is 0 Å². The van der Waals surface area contributed by atoms with E-state index in [1.165, 1.54) is 0 Å². The summed E-state index contributed by atoms with van der Waals surface area (Å²) in [6.45, 7) is 5.74. The molecule has 5 heterocycles. The number of halogens is 2. The summed E-state index contributed by atoms with van der Waals surface area (Å²) in [7, 11) is -2.97. The Bertz CT molecular complexity index is 770. The molecule has 0 aromatic carbocycles. The van der Waals surface area contributed by atoms with Gasteiger partial charge in [-0.2, -0.15) is 4.98 Å². The number of aromatic nitrogens is 2. The van der Waals surface area contributed by atoms with E-state index in [9.17, 15) is 8.42 Å². The Labute approximate surface area is 172 Å². The van der Waals surface area contributed by atoms with Gasteiger partial charge in [-0.3, -0.25) is 0 Å². The summed E-state index contributed by atoms with van der Waals surface area (Å²) < 4.78 is 24.1. The van der Waals surface area contributed by atoms with Crippen molar-refractivity contribution in [2.24, 2.45) is 11.8 Å². The molecule has 0 radical (unpaired) electrons. The minimum atomic E-state index is -2.97. The third-order valence-corrected chi connectivity index (χ3v) is 7.79. The van der Waals surface area contributed by atoms with Gasteiger partial charge >= 0.3 is 0 Å². The fourth-order valence-electron chi connectivity index (χ4n) is 4.82. The van der Waals surface area contributed by atoms with Gasteiger partial charge in [0.25, 0.3) is 0 Å². The molecule has 0 spiro atoms. The molecule has 4 saturated heterocycles. The van der Waals surface area contributed by atoms with Crippen molar-refractivity contribution in [2.45, 2.75) is 12.1 Å². The maximum absolute atomic E-state index is 12.0. The maximum Gasteiger partial charge on any atom is 0.227 e. The summed E-state index contributed by atoms with van der Waals surface area (Å²) in [5, 5.41) is 6.80. The zero-order valence-electron chi connectivity index (χ0n) is 15.0. The van der Waals surface area contributed by atoms with Crippen LogP contribution in [-0.4, -0.2) is 81.2 Å². The van der Waals surface area contributed by atoms with Gasteiger partial charge in [-0.1, -0.05) is 0 Å². The van der Waals surface area contributed by atoms with Gasteiger partial charge in [-0.05, 0) is 17.9 Å². The molecule has 0 bridgehead atoms. The molecule has 152 valence electrons. The minimum absolute atomic E-state index is 0. The zero-order valence-corrected chi connectivity index (χ0v) is 17.4. The standard InChI is InChI=1S/C16H24N6O2S.2ClH/c23-25(24)9-13-14(10-25)22(4-3-18-13)15-1-2-19-16(20-15)21-7-11-5-17-6-12(11)8-21;;/h1-2,11-14,17-18H,3-10H2;2*1H/t11-,12+,13-,14+;;/m0../s1. The van der Waals surface area contributed by atoms with Crippen LogP contribution in [0.5, 0.6) is 0 Å². The molecule has 0 unspecified atom stereocenters. The highest BCUT2D eigenvalue weighted by atomic mass is 35.5. The lowest BCUT2D eigenvalue weighted by molar-refractivity contribution is 0.422. The van der Waals surface area contributed by atoms with Crippen LogP contribution in [0.25, 0.3) is 0 Å². The van der Waals surface area contributed by atoms with E-state index in [1.807, 2.05) is 12.3 Å². The fraction of sp³-hybridized carbons (Fsp3) is 0.750. The summed E-state index contributed by atoms with van der Waals surface area (Å²) in [4.78, 5) is 13.7. The Hall–Kier alpha value is -0.870. The van der Waals surface area contributed by atoms with E-state index >= 15 is 0 Å². The predicted octanol–water partition coefficient (Wildman–Crippen LogP) is -0.449. The Morgan fingerprint density at radius 1 is 1.11 bits per heavy atom. The van der Waals surface area contributed by atoms with E-state index in [2.05, 4.69) is 25.4 Å². The molecule has 2 N–H and O–H groups in total. The van der Waals surface area contributed by atoms with Gasteiger partial charge in [0.1, 0.15) is 5.82 Å². The molecule has 27 heavy (non-hydrogen) atoms. The van der Waals surface area contributed by atoms with E-state index in [1.54, 1.807) is 0 Å². The highest BCUT2D eigenvalue weighted by Crippen LogP contribution is 2.30. The van der Waals surface area contributed by atoms with Crippen LogP contribution in [0.15, 0.2) is 12.3 Å². The van der Waals surface area contributed by atoms with Crippen LogP contribution < -0.4 is 20.4 Å². The van der Waals surface area contributed by atoms with Crippen LogP contribution in [0, 0.1) is 11.8 Å². The van der Waals surface area contributed by atoms with Crippen molar-refractivity contribution in [3.05, 3.63) is 12.3 Å². The van der Waals surface area contributed by atoms with Gasteiger partial charge in [0.15, 0.2) is 9.84 Å². The van der Waals surface area contributed by atoms with E-state index in [4.69, 9.17) is 4.98 Å². The highest BCUT2D eigenvalue weighted by Gasteiger charge is 2.43. The number of nitrogens with one attached hydrogen (secondary N) is 2. The van der Waals surface area contributed by atoms with Crippen LogP contribution in [0.4, 0.5) is 11.8 Å². The maximum atomic E-state index is 12.0. The number of anilines is 2. The van der Waals surface area contributed by atoms with Crippen LogP contribution in [-0.2, 0) is 9.84 Å². The zero-order chi connectivity index (χ0) is 17.0. The number of hydrogen-bond donors (Lipinski definition) is 2. The molecule has 0 saturated carbocycles. The van der Waals surface area contributed by atoms with Gasteiger partial charge in [-0.15, -0.1) is 24.8 Å². The third kappa shape index (κ3) is 3.85. The number of sulfone groups is 1. The molecule has 11 heteroatoms. The quantitative estimate of drug-likeness (QED) is 0.643. The van der Waals surface area contributed by atoms with Crippen LogP contribution >= 0.6 is 24.8 Å². The first kappa shape index (κ1) is 20.9. The predicted molar refractivity (Wildman–Crippen MR) is 110 cm³/mol. The highest BCUT2D eigenvalue weighted by molar-refractivity contribution is 7.91. The summed E-state index contributed by atoms with van der Waals surface area (Å²) in [5.74, 6) is 3.46. The monoisotopic (exact) mass is 436 g/mol. The first-order valence-corrected chi connectivity index (χ1v) is 10.9. The number of hydrogen-bond acceptors (Lipinski definition) is 8. The van der Waals surface area contributed by atoms with Crippen molar-refractivity contribution < 1.29 is 8.42 Å². The second-order valence-corrected chi connectivity index (χ2v) is 9.85. The Morgan fingerprint density at radius 3 is 2.59 bits per heavy atom. The minimum Gasteiger partial charge on any atom is -0.350 e. The lowest BCUT2D eigenvalue weighted by atomic mass is 10.0. The van der Waals surface area contributed by atoms with E-state index in [0.717, 1.165) is 51.0 Å². The van der Waals surface area contributed by atoms with Gasteiger partial charge in [0, 0.05) is 51.5 Å². The molecule has 4 fully saturated rings. The van der Waals surface area contributed by atoms with Crippen LogP contribution in [0.3, 0.4) is 0 Å².